The summed E-state index contributed by atoms with van der Waals surface area (Å²) in [5, 5.41) is 10.0. The summed E-state index contributed by atoms with van der Waals surface area (Å²) in [5.41, 5.74) is 0.558. The van der Waals surface area contributed by atoms with Gasteiger partial charge in [-0.3, -0.25) is 9.59 Å². The molecule has 0 aromatic heterocycles. The number of hydrogen-bond donors (Lipinski definition) is 1. The fraction of sp³-hybridized carbons (Fsp3) is 0.786. The summed E-state index contributed by atoms with van der Waals surface area (Å²) >= 11 is 0. The van der Waals surface area contributed by atoms with Crippen molar-refractivity contribution in [2.45, 2.75) is 86.0 Å². The number of ether oxygens (including phenoxy) is 2. The number of hydrogen-bond acceptors (Lipinski definition) is 5. The maximum atomic E-state index is 12.9. The van der Waals surface area contributed by atoms with Gasteiger partial charge in [-0.2, -0.15) is 0 Å². The highest BCUT2D eigenvalue weighted by Gasteiger charge is 2.68. The van der Waals surface area contributed by atoms with Gasteiger partial charge in [-0.05, 0) is 66.3 Å². The summed E-state index contributed by atoms with van der Waals surface area (Å²) in [6.07, 6.45) is 10.1. The molecule has 4 aliphatic carbocycles. The lowest BCUT2D eigenvalue weighted by Crippen LogP contribution is -2.64. The van der Waals surface area contributed by atoms with Gasteiger partial charge in [0.05, 0.1) is 6.61 Å². The summed E-state index contributed by atoms with van der Waals surface area (Å²) in [6.45, 7) is 13.3. The molecule has 5 heteroatoms. The van der Waals surface area contributed by atoms with Crippen molar-refractivity contribution in [3.63, 3.8) is 0 Å². The first-order chi connectivity index (χ1) is 15.3. The summed E-state index contributed by atoms with van der Waals surface area (Å²) < 4.78 is 11.7. The second-order valence-electron chi connectivity index (χ2n) is 12.7. The second kappa shape index (κ2) is 7.27. The van der Waals surface area contributed by atoms with Crippen LogP contribution < -0.4 is 0 Å². The zero-order chi connectivity index (χ0) is 24.0. The number of aliphatic hydroxyl groups excluding tert-OH is 1. The Bertz CT molecular complexity index is 933. The number of aliphatic hydroxyl groups is 1. The van der Waals surface area contributed by atoms with Crippen molar-refractivity contribution in [2.24, 2.45) is 45.3 Å². The average Bonchev–Trinajstić information content (AvgIpc) is 3.30. The Morgan fingerprint density at radius 2 is 1.88 bits per heavy atom. The molecule has 33 heavy (non-hydrogen) atoms. The lowest BCUT2D eigenvalue weighted by Gasteiger charge is -2.66. The van der Waals surface area contributed by atoms with Crippen molar-refractivity contribution in [2.75, 3.05) is 6.61 Å². The Kier molecular flexibility index (Phi) is 5.13. The van der Waals surface area contributed by atoms with E-state index in [1.54, 1.807) is 0 Å². The zero-order valence-electron chi connectivity index (χ0n) is 21.0. The van der Waals surface area contributed by atoms with Crippen molar-refractivity contribution in [3.05, 3.63) is 23.8 Å². The van der Waals surface area contributed by atoms with E-state index in [-0.39, 0.29) is 40.0 Å². The maximum absolute atomic E-state index is 12.9. The summed E-state index contributed by atoms with van der Waals surface area (Å²) in [7, 11) is 0. The van der Waals surface area contributed by atoms with Gasteiger partial charge in [0.15, 0.2) is 12.1 Å². The maximum Gasteiger partial charge on any atom is 0.302 e. The van der Waals surface area contributed by atoms with E-state index in [0.717, 1.165) is 19.3 Å². The number of esters is 1. The first-order valence-corrected chi connectivity index (χ1v) is 12.8. The van der Waals surface area contributed by atoms with E-state index in [1.807, 2.05) is 6.08 Å². The summed E-state index contributed by atoms with van der Waals surface area (Å²) in [6, 6.07) is 0. The SMILES string of the molecule is CC(=O)OC1CC2C(C)(C)C(=O)C=CC2(C)C2CCC3(C)C(=CCC3C3COC(O)C3)C12C. The number of allylic oxidation sites excluding steroid dienone is 3. The lowest BCUT2D eigenvalue weighted by molar-refractivity contribution is -0.188. The number of carbonyl (C=O) groups is 2. The minimum absolute atomic E-state index is 0.00858. The van der Waals surface area contributed by atoms with Crippen LogP contribution in [0, 0.1) is 45.3 Å². The number of fused-ring (bicyclic) bond motifs is 5. The minimum atomic E-state index is -0.648. The van der Waals surface area contributed by atoms with Gasteiger partial charge >= 0.3 is 5.97 Å². The van der Waals surface area contributed by atoms with Crippen molar-refractivity contribution in [1.29, 1.82) is 0 Å². The van der Waals surface area contributed by atoms with E-state index >= 15 is 0 Å². The molecule has 0 radical (unpaired) electrons. The molecule has 9 atom stereocenters. The Labute approximate surface area is 198 Å². The highest BCUT2D eigenvalue weighted by molar-refractivity contribution is 5.95. The third-order valence-electron chi connectivity index (χ3n) is 10.9. The molecule has 0 amide bonds. The van der Waals surface area contributed by atoms with Gasteiger partial charge in [-0.1, -0.05) is 52.3 Å². The molecule has 5 nitrogen and oxygen atoms in total. The topological polar surface area (TPSA) is 72.8 Å². The average molecular weight is 457 g/mol. The number of carbonyl (C=O) groups excluding carboxylic acids is 2. The van der Waals surface area contributed by atoms with E-state index in [2.05, 4.69) is 46.8 Å². The minimum Gasteiger partial charge on any atom is -0.462 e. The van der Waals surface area contributed by atoms with Crippen LogP contribution in [0.25, 0.3) is 0 Å². The molecule has 0 aromatic carbocycles. The van der Waals surface area contributed by atoms with Crippen LogP contribution in [-0.4, -0.2) is 35.9 Å². The van der Waals surface area contributed by atoms with E-state index in [0.29, 0.717) is 37.2 Å². The normalized spacial score (nSPS) is 50.3. The number of ketones is 1. The molecule has 0 spiro atoms. The summed E-state index contributed by atoms with van der Waals surface area (Å²) in [5.74, 6) is 1.14. The Morgan fingerprint density at radius 1 is 1.15 bits per heavy atom. The molecule has 1 aliphatic heterocycles. The molecule has 3 fully saturated rings. The van der Waals surface area contributed by atoms with Crippen LogP contribution in [0.15, 0.2) is 23.8 Å². The highest BCUT2D eigenvalue weighted by atomic mass is 16.6. The van der Waals surface area contributed by atoms with Gasteiger partial charge in [0, 0.05) is 24.2 Å². The van der Waals surface area contributed by atoms with Crippen molar-refractivity contribution < 1.29 is 24.2 Å². The smallest absolute Gasteiger partial charge is 0.302 e. The van der Waals surface area contributed by atoms with Gasteiger partial charge in [0.25, 0.3) is 0 Å². The standard InChI is InChI=1S/C28H40O5/c1-16(29)33-23-14-21-25(2,3)22(30)10-12-27(21,5)20-9-11-26(4)18(17-13-24(31)32-15-17)7-8-19(26)28(20,23)6/h8,10,12,17-18,20-21,23-24,31H,7,9,11,13-15H2,1-6H3. The van der Waals surface area contributed by atoms with Crippen molar-refractivity contribution in [3.8, 4) is 0 Å². The van der Waals surface area contributed by atoms with E-state index < -0.39 is 11.7 Å². The largest absolute Gasteiger partial charge is 0.462 e. The fourth-order valence-electron chi connectivity index (χ4n) is 9.28. The van der Waals surface area contributed by atoms with Gasteiger partial charge in [0.1, 0.15) is 6.10 Å². The van der Waals surface area contributed by atoms with Gasteiger partial charge in [-0.25, -0.2) is 0 Å². The number of rotatable bonds is 2. The van der Waals surface area contributed by atoms with Crippen LogP contribution in [0.1, 0.15) is 73.6 Å². The van der Waals surface area contributed by atoms with Crippen LogP contribution in [0.2, 0.25) is 0 Å². The molecule has 2 saturated carbocycles. The molecule has 5 aliphatic rings. The van der Waals surface area contributed by atoms with Crippen molar-refractivity contribution >= 4 is 11.8 Å². The Morgan fingerprint density at radius 3 is 2.52 bits per heavy atom. The quantitative estimate of drug-likeness (QED) is 0.476. The molecule has 9 unspecified atom stereocenters. The molecule has 182 valence electrons. The molecule has 1 heterocycles. The van der Waals surface area contributed by atoms with Crippen LogP contribution in [0.3, 0.4) is 0 Å². The lowest BCUT2D eigenvalue weighted by atomic mass is 9.38. The predicted molar refractivity (Wildman–Crippen MR) is 125 cm³/mol. The third kappa shape index (κ3) is 3.03. The second-order valence-corrected chi connectivity index (χ2v) is 12.7. The highest BCUT2D eigenvalue weighted by Crippen LogP contribution is 2.72. The molecular weight excluding hydrogens is 416 g/mol. The molecule has 5 rings (SSSR count). The molecule has 1 N–H and O–H groups in total. The van der Waals surface area contributed by atoms with Crippen LogP contribution >= 0.6 is 0 Å². The third-order valence-corrected chi connectivity index (χ3v) is 10.9. The van der Waals surface area contributed by atoms with Gasteiger partial charge in [0.2, 0.25) is 0 Å². The van der Waals surface area contributed by atoms with E-state index in [4.69, 9.17) is 9.47 Å². The fourth-order valence-corrected chi connectivity index (χ4v) is 9.28. The van der Waals surface area contributed by atoms with Crippen LogP contribution in [-0.2, 0) is 19.1 Å². The predicted octanol–water partition coefficient (Wildman–Crippen LogP) is 4.83. The first kappa shape index (κ1) is 23.3. The van der Waals surface area contributed by atoms with E-state index in [9.17, 15) is 14.7 Å². The zero-order valence-corrected chi connectivity index (χ0v) is 21.0. The van der Waals surface area contributed by atoms with E-state index in [1.165, 1.54) is 12.5 Å². The van der Waals surface area contributed by atoms with Gasteiger partial charge in [-0.15, -0.1) is 0 Å². The molecule has 0 aromatic rings. The summed E-state index contributed by atoms with van der Waals surface area (Å²) in [4.78, 5) is 25.2. The first-order valence-electron chi connectivity index (χ1n) is 12.8. The van der Waals surface area contributed by atoms with Crippen LogP contribution in [0.5, 0.6) is 0 Å². The molecule has 1 saturated heterocycles. The molecule has 0 bridgehead atoms. The van der Waals surface area contributed by atoms with Crippen molar-refractivity contribution in [1.82, 2.24) is 0 Å². The monoisotopic (exact) mass is 456 g/mol. The molecular formula is C28H40O5. The Hall–Kier alpha value is -1.46. The van der Waals surface area contributed by atoms with Gasteiger partial charge < -0.3 is 14.6 Å². The van der Waals surface area contributed by atoms with Crippen LogP contribution in [0.4, 0.5) is 0 Å². The Balaban J connectivity index is 1.59.